The van der Waals surface area contributed by atoms with E-state index in [1.807, 2.05) is 13.8 Å². The third kappa shape index (κ3) is 5.39. The number of nitrogens with one attached hydrogen (secondary N) is 1. The highest BCUT2D eigenvalue weighted by atomic mass is 35.5. The number of carbonyl (C=O) groups excluding carboxylic acids is 2. The molecule has 138 valence electrons. The highest BCUT2D eigenvalue weighted by Crippen LogP contribution is 2.25. The van der Waals surface area contributed by atoms with Gasteiger partial charge in [0, 0.05) is 11.4 Å². The third-order valence-corrected chi connectivity index (χ3v) is 4.43. The lowest BCUT2D eigenvalue weighted by Gasteiger charge is -2.16. The molecule has 1 unspecified atom stereocenters. The minimum atomic E-state index is -0.871. The van der Waals surface area contributed by atoms with Gasteiger partial charge in [-0.15, -0.1) is 0 Å². The summed E-state index contributed by atoms with van der Waals surface area (Å²) < 4.78 is 5.48. The predicted molar refractivity (Wildman–Crippen MR) is 99.4 cm³/mol. The topological polar surface area (TPSA) is 102 Å². The standard InChI is InChI=1S/C19H21ClN2O4/c1-11-7-15(8-12(2)18(11)20)26-10-17(24)22-16(19(21)25)9-13-3-5-14(23)6-4-13/h3-8,16,23H,9-10H2,1-2H3,(H2,21,25)(H,22,24). The fraction of sp³-hybridized carbons (Fsp3) is 0.263. The van der Waals surface area contributed by atoms with Gasteiger partial charge in [-0.25, -0.2) is 0 Å². The Balaban J connectivity index is 1.95. The number of phenolic OH excluding ortho intramolecular Hbond substituents is 1. The molecule has 0 aromatic heterocycles. The minimum Gasteiger partial charge on any atom is -0.508 e. The lowest BCUT2D eigenvalue weighted by atomic mass is 10.1. The van der Waals surface area contributed by atoms with Crippen LogP contribution in [0.25, 0.3) is 0 Å². The number of rotatable bonds is 7. The van der Waals surface area contributed by atoms with Crippen LogP contribution in [-0.2, 0) is 16.0 Å². The summed E-state index contributed by atoms with van der Waals surface area (Å²) in [6.07, 6.45) is 0.223. The zero-order valence-electron chi connectivity index (χ0n) is 14.6. The molecular formula is C19H21ClN2O4. The van der Waals surface area contributed by atoms with Gasteiger partial charge in [-0.3, -0.25) is 9.59 Å². The van der Waals surface area contributed by atoms with Crippen LogP contribution < -0.4 is 15.8 Å². The quantitative estimate of drug-likeness (QED) is 0.689. The molecule has 6 nitrogen and oxygen atoms in total. The first-order valence-corrected chi connectivity index (χ1v) is 8.40. The van der Waals surface area contributed by atoms with E-state index in [-0.39, 0.29) is 18.8 Å². The first-order valence-electron chi connectivity index (χ1n) is 8.02. The zero-order chi connectivity index (χ0) is 19.3. The Labute approximate surface area is 156 Å². The molecule has 2 amide bonds. The van der Waals surface area contributed by atoms with E-state index in [0.717, 1.165) is 16.7 Å². The van der Waals surface area contributed by atoms with Crippen molar-refractivity contribution in [3.05, 3.63) is 58.1 Å². The average Bonchev–Trinajstić information content (AvgIpc) is 2.59. The molecular weight excluding hydrogens is 356 g/mol. The third-order valence-electron chi connectivity index (χ3n) is 3.83. The van der Waals surface area contributed by atoms with Gasteiger partial charge >= 0.3 is 0 Å². The second-order valence-electron chi connectivity index (χ2n) is 6.05. The molecule has 0 bridgehead atoms. The van der Waals surface area contributed by atoms with Crippen molar-refractivity contribution in [2.45, 2.75) is 26.3 Å². The van der Waals surface area contributed by atoms with Crippen LogP contribution in [0.5, 0.6) is 11.5 Å². The SMILES string of the molecule is Cc1cc(OCC(=O)NC(Cc2ccc(O)cc2)C(N)=O)cc(C)c1Cl. The van der Waals surface area contributed by atoms with Gasteiger partial charge in [0.15, 0.2) is 6.61 Å². The van der Waals surface area contributed by atoms with Gasteiger partial charge in [0.1, 0.15) is 17.5 Å². The van der Waals surface area contributed by atoms with Gasteiger partial charge in [0.2, 0.25) is 5.91 Å². The molecule has 0 spiro atoms. The molecule has 2 aromatic rings. The highest BCUT2D eigenvalue weighted by Gasteiger charge is 2.19. The number of benzene rings is 2. The normalized spacial score (nSPS) is 11.7. The van der Waals surface area contributed by atoms with Crippen molar-refractivity contribution in [1.82, 2.24) is 5.32 Å². The van der Waals surface area contributed by atoms with Crippen LogP contribution in [0.4, 0.5) is 0 Å². The largest absolute Gasteiger partial charge is 0.508 e. The van der Waals surface area contributed by atoms with Gasteiger partial charge in [0.05, 0.1) is 0 Å². The second-order valence-corrected chi connectivity index (χ2v) is 6.43. The molecule has 0 saturated heterocycles. The molecule has 0 aliphatic carbocycles. The van der Waals surface area contributed by atoms with E-state index in [1.165, 1.54) is 12.1 Å². The van der Waals surface area contributed by atoms with E-state index >= 15 is 0 Å². The Hall–Kier alpha value is -2.73. The Kier molecular flexibility index (Phi) is 6.46. The number of nitrogens with two attached hydrogens (primary N) is 1. The zero-order valence-corrected chi connectivity index (χ0v) is 15.3. The van der Waals surface area contributed by atoms with Crippen molar-refractivity contribution in [1.29, 1.82) is 0 Å². The summed E-state index contributed by atoms with van der Waals surface area (Å²) in [5.74, 6) is -0.466. The Morgan fingerprint density at radius 1 is 1.19 bits per heavy atom. The van der Waals surface area contributed by atoms with Crippen molar-refractivity contribution in [2.24, 2.45) is 5.73 Å². The van der Waals surface area contributed by atoms with E-state index in [4.69, 9.17) is 22.1 Å². The van der Waals surface area contributed by atoms with Gasteiger partial charge < -0.3 is 20.9 Å². The summed E-state index contributed by atoms with van der Waals surface area (Å²) >= 11 is 6.10. The molecule has 0 saturated carbocycles. The van der Waals surface area contributed by atoms with Crippen molar-refractivity contribution in [3.63, 3.8) is 0 Å². The first kappa shape index (κ1) is 19.6. The maximum Gasteiger partial charge on any atom is 0.258 e. The minimum absolute atomic E-state index is 0.121. The summed E-state index contributed by atoms with van der Waals surface area (Å²) in [7, 11) is 0. The number of phenols is 1. The van der Waals surface area contributed by atoms with Crippen molar-refractivity contribution < 1.29 is 19.4 Å². The van der Waals surface area contributed by atoms with E-state index in [0.29, 0.717) is 10.8 Å². The summed E-state index contributed by atoms with van der Waals surface area (Å²) in [5, 5.41) is 12.5. The maximum atomic E-state index is 12.1. The Morgan fingerprint density at radius 3 is 2.31 bits per heavy atom. The van der Waals surface area contributed by atoms with E-state index in [9.17, 15) is 14.7 Å². The predicted octanol–water partition coefficient (Wildman–Crippen LogP) is 2.25. The summed E-state index contributed by atoms with van der Waals surface area (Å²) in [6, 6.07) is 8.94. The lowest BCUT2D eigenvalue weighted by molar-refractivity contribution is -0.128. The lowest BCUT2D eigenvalue weighted by Crippen LogP contribution is -2.47. The molecule has 0 heterocycles. The molecule has 26 heavy (non-hydrogen) atoms. The molecule has 0 aliphatic heterocycles. The summed E-state index contributed by atoms with van der Waals surface area (Å²) in [5.41, 5.74) is 7.83. The van der Waals surface area contributed by atoms with E-state index < -0.39 is 17.9 Å². The number of aryl methyl sites for hydroxylation is 2. The van der Waals surface area contributed by atoms with Crippen LogP contribution in [0.1, 0.15) is 16.7 Å². The Morgan fingerprint density at radius 2 is 1.77 bits per heavy atom. The van der Waals surface area contributed by atoms with Crippen LogP contribution in [-0.4, -0.2) is 29.6 Å². The molecule has 0 fully saturated rings. The van der Waals surface area contributed by atoms with Crippen LogP contribution in [0.3, 0.4) is 0 Å². The van der Waals surface area contributed by atoms with Crippen LogP contribution in [0, 0.1) is 13.8 Å². The smallest absolute Gasteiger partial charge is 0.258 e. The van der Waals surface area contributed by atoms with Crippen LogP contribution in [0.2, 0.25) is 5.02 Å². The number of carbonyl (C=O) groups is 2. The number of hydrogen-bond acceptors (Lipinski definition) is 4. The van der Waals surface area contributed by atoms with E-state index in [2.05, 4.69) is 5.32 Å². The van der Waals surface area contributed by atoms with E-state index in [1.54, 1.807) is 24.3 Å². The van der Waals surface area contributed by atoms with Crippen LogP contribution >= 0.6 is 11.6 Å². The summed E-state index contributed by atoms with van der Waals surface area (Å²) in [4.78, 5) is 23.7. The van der Waals surface area contributed by atoms with Crippen molar-refractivity contribution >= 4 is 23.4 Å². The molecule has 0 aliphatic rings. The number of ether oxygens (including phenoxy) is 1. The molecule has 0 radical (unpaired) electrons. The first-order chi connectivity index (χ1) is 12.3. The van der Waals surface area contributed by atoms with Gasteiger partial charge in [0.25, 0.3) is 5.91 Å². The molecule has 2 rings (SSSR count). The monoisotopic (exact) mass is 376 g/mol. The number of halogens is 1. The van der Waals surface area contributed by atoms with Crippen molar-refractivity contribution in [2.75, 3.05) is 6.61 Å². The number of aromatic hydroxyl groups is 1. The fourth-order valence-electron chi connectivity index (χ4n) is 2.46. The van der Waals surface area contributed by atoms with Gasteiger partial charge in [-0.1, -0.05) is 23.7 Å². The second kappa shape index (κ2) is 8.58. The maximum absolute atomic E-state index is 12.1. The summed E-state index contributed by atoms with van der Waals surface area (Å²) in [6.45, 7) is 3.45. The highest BCUT2D eigenvalue weighted by molar-refractivity contribution is 6.32. The van der Waals surface area contributed by atoms with Crippen LogP contribution in [0.15, 0.2) is 36.4 Å². The van der Waals surface area contributed by atoms with Gasteiger partial charge in [-0.05, 0) is 54.8 Å². The van der Waals surface area contributed by atoms with Crippen molar-refractivity contribution in [3.8, 4) is 11.5 Å². The molecule has 4 N–H and O–H groups in total. The fourth-order valence-corrected chi connectivity index (χ4v) is 2.57. The number of amides is 2. The molecule has 2 aromatic carbocycles. The molecule has 1 atom stereocenters. The Bertz CT molecular complexity index is 783. The number of primary amides is 1. The van der Waals surface area contributed by atoms with Gasteiger partial charge in [-0.2, -0.15) is 0 Å². The average molecular weight is 377 g/mol. The number of hydrogen-bond donors (Lipinski definition) is 3. The molecule has 7 heteroatoms.